The van der Waals surface area contributed by atoms with E-state index >= 15 is 0 Å². The average Bonchev–Trinajstić information content (AvgIpc) is 2.91. The number of imidazole rings is 1. The third kappa shape index (κ3) is 3.09. The predicted octanol–water partition coefficient (Wildman–Crippen LogP) is 0.785. The second-order valence-corrected chi connectivity index (χ2v) is 5.36. The summed E-state index contributed by atoms with van der Waals surface area (Å²) < 4.78 is 1.94. The normalized spacial score (nSPS) is 16.8. The first-order chi connectivity index (χ1) is 11.2. The maximum atomic E-state index is 6.37. The molecule has 2 aromatic rings. The van der Waals surface area contributed by atoms with Crippen LogP contribution in [0.5, 0.6) is 0 Å². The van der Waals surface area contributed by atoms with Crippen LogP contribution < -0.4 is 11.1 Å². The highest BCUT2D eigenvalue weighted by Gasteiger charge is 2.16. The smallest absolute Gasteiger partial charge is 0.156 e. The molecule has 0 aliphatic carbocycles. The van der Waals surface area contributed by atoms with Crippen molar-refractivity contribution in [1.29, 1.82) is 0 Å². The number of aliphatic imine (C=N–C) groups is 1. The predicted molar refractivity (Wildman–Crippen MR) is 92.0 cm³/mol. The summed E-state index contributed by atoms with van der Waals surface area (Å²) in [6.07, 6.45) is 8.75. The van der Waals surface area contributed by atoms with E-state index in [0.29, 0.717) is 5.70 Å². The SMILES string of the molecule is C=CN=C(/C=C(\N)c1c(C)nc2cnccn12)N1CCNCC1. The molecule has 0 amide bonds. The van der Waals surface area contributed by atoms with Crippen molar-refractivity contribution in [3.8, 4) is 0 Å². The molecule has 7 nitrogen and oxygen atoms in total. The van der Waals surface area contributed by atoms with Gasteiger partial charge in [-0.3, -0.25) is 9.38 Å². The van der Waals surface area contributed by atoms with Crippen molar-refractivity contribution in [3.05, 3.63) is 48.8 Å². The fourth-order valence-electron chi connectivity index (χ4n) is 2.78. The van der Waals surface area contributed by atoms with E-state index in [1.165, 1.54) is 0 Å². The number of amidine groups is 1. The van der Waals surface area contributed by atoms with Crippen LogP contribution in [0.25, 0.3) is 11.3 Å². The van der Waals surface area contributed by atoms with Gasteiger partial charge in [0.05, 0.1) is 23.3 Å². The summed E-state index contributed by atoms with van der Waals surface area (Å²) in [6.45, 7) is 9.31. The Morgan fingerprint density at radius 2 is 2.22 bits per heavy atom. The maximum absolute atomic E-state index is 6.37. The van der Waals surface area contributed by atoms with Crippen LogP contribution in [-0.2, 0) is 0 Å². The molecule has 120 valence electrons. The largest absolute Gasteiger partial charge is 0.397 e. The van der Waals surface area contributed by atoms with Crippen LogP contribution in [0.1, 0.15) is 11.4 Å². The van der Waals surface area contributed by atoms with Gasteiger partial charge >= 0.3 is 0 Å². The Bertz CT molecular complexity index is 766. The van der Waals surface area contributed by atoms with Gasteiger partial charge in [-0.05, 0) is 6.92 Å². The Labute approximate surface area is 135 Å². The van der Waals surface area contributed by atoms with Crippen LogP contribution in [0, 0.1) is 6.92 Å². The zero-order chi connectivity index (χ0) is 16.2. The highest BCUT2D eigenvalue weighted by atomic mass is 15.2. The molecule has 2 aromatic heterocycles. The minimum Gasteiger partial charge on any atom is -0.397 e. The Morgan fingerprint density at radius 1 is 1.43 bits per heavy atom. The number of nitrogens with zero attached hydrogens (tertiary/aromatic N) is 5. The summed E-state index contributed by atoms with van der Waals surface area (Å²) in [4.78, 5) is 15.2. The lowest BCUT2D eigenvalue weighted by Gasteiger charge is -2.29. The highest BCUT2D eigenvalue weighted by Crippen LogP contribution is 2.17. The lowest BCUT2D eigenvalue weighted by atomic mass is 10.2. The van der Waals surface area contributed by atoms with E-state index in [9.17, 15) is 0 Å². The molecule has 3 heterocycles. The van der Waals surface area contributed by atoms with Gasteiger partial charge in [-0.15, -0.1) is 0 Å². The molecular formula is C16H21N7. The Hall–Kier alpha value is -2.67. The Kier molecular flexibility index (Phi) is 4.38. The number of hydrogen-bond acceptors (Lipinski definition) is 5. The summed E-state index contributed by atoms with van der Waals surface area (Å²) in [6, 6.07) is 0. The van der Waals surface area contributed by atoms with Crippen molar-refractivity contribution in [2.75, 3.05) is 26.2 Å². The standard InChI is InChI=1S/C16H21N7/c1-3-20-14(22-7-4-18-5-8-22)10-13(17)16-12(2)21-15-11-19-6-9-23(15)16/h3,6,9-11,18H,1,4-5,7-8,17H2,2H3/b13-10-,20-14?. The second kappa shape index (κ2) is 6.62. The van der Waals surface area contributed by atoms with Crippen molar-refractivity contribution >= 4 is 17.2 Å². The summed E-state index contributed by atoms with van der Waals surface area (Å²) in [5, 5.41) is 3.33. The first-order valence-corrected chi connectivity index (χ1v) is 7.61. The number of fused-ring (bicyclic) bond motifs is 1. The molecule has 0 saturated carbocycles. The van der Waals surface area contributed by atoms with E-state index in [1.54, 1.807) is 18.6 Å². The van der Waals surface area contributed by atoms with E-state index < -0.39 is 0 Å². The molecule has 0 aromatic carbocycles. The average molecular weight is 311 g/mol. The van der Waals surface area contributed by atoms with Crippen LogP contribution >= 0.6 is 0 Å². The number of nitrogens with one attached hydrogen (secondary N) is 1. The minimum atomic E-state index is 0.625. The fourth-order valence-corrected chi connectivity index (χ4v) is 2.78. The quantitative estimate of drug-likeness (QED) is 0.646. The Balaban J connectivity index is 2.00. The zero-order valence-corrected chi connectivity index (χ0v) is 13.2. The van der Waals surface area contributed by atoms with Gasteiger partial charge in [-0.25, -0.2) is 9.98 Å². The van der Waals surface area contributed by atoms with Crippen LogP contribution in [0.3, 0.4) is 0 Å². The molecule has 0 bridgehead atoms. The summed E-state index contributed by atoms with van der Waals surface area (Å²) >= 11 is 0. The number of rotatable bonds is 3. The van der Waals surface area contributed by atoms with Crippen LogP contribution in [-0.4, -0.2) is 51.3 Å². The molecule has 0 unspecified atom stereocenters. The first kappa shape index (κ1) is 15.2. The minimum absolute atomic E-state index is 0.625. The molecule has 3 rings (SSSR count). The van der Waals surface area contributed by atoms with Crippen LogP contribution in [0.4, 0.5) is 0 Å². The maximum Gasteiger partial charge on any atom is 0.156 e. The number of nitrogens with two attached hydrogens (primary N) is 1. The van der Waals surface area contributed by atoms with Gasteiger partial charge < -0.3 is 16.0 Å². The van der Waals surface area contributed by atoms with Crippen molar-refractivity contribution in [1.82, 2.24) is 24.6 Å². The number of hydrogen-bond donors (Lipinski definition) is 2. The molecule has 3 N–H and O–H groups in total. The van der Waals surface area contributed by atoms with Gasteiger partial charge in [-0.1, -0.05) is 6.58 Å². The number of aromatic nitrogens is 3. The molecule has 0 radical (unpaired) electrons. The van der Waals surface area contributed by atoms with Gasteiger partial charge in [0, 0.05) is 50.8 Å². The zero-order valence-electron chi connectivity index (χ0n) is 13.2. The third-order valence-electron chi connectivity index (χ3n) is 3.83. The van der Waals surface area contributed by atoms with Crippen molar-refractivity contribution in [3.63, 3.8) is 0 Å². The fraction of sp³-hybridized carbons (Fsp3) is 0.312. The summed E-state index contributed by atoms with van der Waals surface area (Å²) in [7, 11) is 0. The van der Waals surface area contributed by atoms with Gasteiger partial charge in [0.2, 0.25) is 0 Å². The Morgan fingerprint density at radius 3 is 2.96 bits per heavy atom. The lowest BCUT2D eigenvalue weighted by molar-refractivity contribution is 0.359. The van der Waals surface area contributed by atoms with Crippen LogP contribution in [0.2, 0.25) is 0 Å². The summed E-state index contributed by atoms with van der Waals surface area (Å²) in [5.74, 6) is 0.822. The second-order valence-electron chi connectivity index (χ2n) is 5.36. The van der Waals surface area contributed by atoms with Crippen molar-refractivity contribution in [2.24, 2.45) is 10.7 Å². The molecule has 0 atom stereocenters. The van der Waals surface area contributed by atoms with Crippen LogP contribution in [0.15, 0.2) is 42.4 Å². The number of piperazine rings is 1. The van der Waals surface area contributed by atoms with Gasteiger partial charge in [-0.2, -0.15) is 0 Å². The third-order valence-corrected chi connectivity index (χ3v) is 3.83. The molecule has 1 aliphatic rings. The van der Waals surface area contributed by atoms with Gasteiger partial charge in [0.1, 0.15) is 5.84 Å². The summed E-state index contributed by atoms with van der Waals surface area (Å²) in [5.41, 5.74) is 9.51. The lowest BCUT2D eigenvalue weighted by Crippen LogP contribution is -2.46. The molecule has 0 spiro atoms. The molecule has 1 aliphatic heterocycles. The highest BCUT2D eigenvalue weighted by molar-refractivity contribution is 5.99. The topological polar surface area (TPSA) is 83.8 Å². The molecule has 23 heavy (non-hydrogen) atoms. The van der Waals surface area contributed by atoms with Gasteiger partial charge in [0.15, 0.2) is 5.65 Å². The van der Waals surface area contributed by atoms with E-state index in [-0.39, 0.29) is 0 Å². The molecule has 7 heteroatoms. The van der Waals surface area contributed by atoms with E-state index in [0.717, 1.165) is 49.0 Å². The molecule has 1 saturated heterocycles. The monoisotopic (exact) mass is 311 g/mol. The van der Waals surface area contributed by atoms with Crippen molar-refractivity contribution in [2.45, 2.75) is 6.92 Å². The molecule has 1 fully saturated rings. The van der Waals surface area contributed by atoms with Crippen molar-refractivity contribution < 1.29 is 0 Å². The van der Waals surface area contributed by atoms with E-state index in [4.69, 9.17) is 5.73 Å². The van der Waals surface area contributed by atoms with E-state index in [2.05, 4.69) is 31.8 Å². The number of aryl methyl sites for hydroxylation is 1. The first-order valence-electron chi connectivity index (χ1n) is 7.61. The van der Waals surface area contributed by atoms with Gasteiger partial charge in [0.25, 0.3) is 0 Å². The molecular weight excluding hydrogens is 290 g/mol. The van der Waals surface area contributed by atoms with E-state index in [1.807, 2.05) is 23.6 Å².